The maximum absolute atomic E-state index is 14.2. The van der Waals surface area contributed by atoms with Crippen LogP contribution in [0.3, 0.4) is 0 Å². The normalized spacial score (nSPS) is 21.0. The van der Waals surface area contributed by atoms with Gasteiger partial charge in [-0.15, -0.1) is 0 Å². The lowest BCUT2D eigenvalue weighted by Crippen LogP contribution is -2.48. The smallest absolute Gasteiger partial charge is 0.303 e. The molecule has 0 saturated carbocycles. The van der Waals surface area contributed by atoms with E-state index in [1.807, 2.05) is 6.07 Å². The van der Waals surface area contributed by atoms with Crippen LogP contribution in [0.4, 0.5) is 8.78 Å². The zero-order chi connectivity index (χ0) is 25.2. The van der Waals surface area contributed by atoms with E-state index in [-0.39, 0.29) is 6.10 Å². The lowest BCUT2D eigenvalue weighted by molar-refractivity contribution is -0.148. The molecule has 0 saturated heterocycles. The van der Waals surface area contributed by atoms with Gasteiger partial charge in [-0.2, -0.15) is 0 Å². The van der Waals surface area contributed by atoms with E-state index >= 15 is 0 Å². The number of benzene rings is 1. The van der Waals surface area contributed by atoms with Crippen LogP contribution in [0.25, 0.3) is 0 Å². The number of carbonyl (C=O) groups excluding carboxylic acids is 1. The minimum Gasteiger partial charge on any atom is -0.457 e. The van der Waals surface area contributed by atoms with Gasteiger partial charge in [0.2, 0.25) is 8.32 Å². The third-order valence-electron chi connectivity index (χ3n) is 7.25. The zero-order valence-corrected chi connectivity index (χ0v) is 22.3. The largest absolute Gasteiger partial charge is 0.457 e. The molecule has 3 atom stereocenters. The molecule has 0 amide bonds. The summed E-state index contributed by atoms with van der Waals surface area (Å²) in [6, 6.07) is 7.21. The molecule has 0 N–H and O–H groups in total. The molecule has 7 heteroatoms. The van der Waals surface area contributed by atoms with Gasteiger partial charge in [-0.3, -0.25) is 9.78 Å². The number of rotatable bonds is 7. The summed E-state index contributed by atoms with van der Waals surface area (Å²) in [6.45, 7) is 14.8. The lowest BCUT2D eigenvalue weighted by Gasteiger charge is -2.44. The summed E-state index contributed by atoms with van der Waals surface area (Å²) >= 11 is 0. The summed E-state index contributed by atoms with van der Waals surface area (Å²) < 4.78 is 41.3. The first-order chi connectivity index (χ1) is 16.0. The molecule has 0 bridgehead atoms. The van der Waals surface area contributed by atoms with Gasteiger partial charge in [-0.1, -0.05) is 47.6 Å². The number of carbonyl (C=O) groups is 1. The van der Waals surface area contributed by atoms with Gasteiger partial charge in [0.25, 0.3) is 0 Å². The molecule has 186 valence electrons. The Balaban J connectivity index is 2.14. The molecule has 1 aliphatic rings. The molecule has 0 unspecified atom stereocenters. The van der Waals surface area contributed by atoms with Crippen molar-refractivity contribution in [3.05, 3.63) is 65.0 Å². The number of aromatic nitrogens is 1. The Hall–Kier alpha value is -2.12. The van der Waals surface area contributed by atoms with Crippen LogP contribution >= 0.6 is 0 Å². The quantitative estimate of drug-likeness (QED) is 0.226. The fraction of sp³-hybridized carbons (Fsp3) is 0.556. The molecule has 0 spiro atoms. The number of nitrogens with zero attached hydrogens (tertiary/aromatic N) is 1. The number of halogens is 2. The number of hydrogen-bond donors (Lipinski definition) is 0. The van der Waals surface area contributed by atoms with Gasteiger partial charge in [-0.25, -0.2) is 8.78 Å². The summed E-state index contributed by atoms with van der Waals surface area (Å²) in [5.74, 6) is -2.16. The second-order valence-corrected chi connectivity index (χ2v) is 15.7. The molecule has 4 nitrogen and oxygen atoms in total. The second-order valence-electron chi connectivity index (χ2n) is 10.3. The van der Waals surface area contributed by atoms with E-state index in [9.17, 15) is 13.6 Å². The van der Waals surface area contributed by atoms with Crippen molar-refractivity contribution in [1.29, 1.82) is 0 Å². The number of fused-ring (bicyclic) bond motifs is 1. The molecule has 0 aliphatic heterocycles. The van der Waals surface area contributed by atoms with E-state index in [4.69, 9.17) is 14.1 Å². The van der Waals surface area contributed by atoms with Crippen molar-refractivity contribution >= 4 is 14.3 Å². The summed E-state index contributed by atoms with van der Waals surface area (Å²) in [6.07, 6.45) is 1.90. The third-order valence-corrected chi connectivity index (χ3v) is 13.4. The zero-order valence-electron chi connectivity index (χ0n) is 21.3. The van der Waals surface area contributed by atoms with E-state index < -0.39 is 37.9 Å². The average molecular weight is 490 g/mol. The molecule has 1 heterocycles. The van der Waals surface area contributed by atoms with Gasteiger partial charge in [0, 0.05) is 30.7 Å². The van der Waals surface area contributed by atoms with Crippen molar-refractivity contribution in [2.45, 2.75) is 96.1 Å². The first kappa shape index (κ1) is 26.5. The van der Waals surface area contributed by atoms with Gasteiger partial charge in [0.15, 0.2) is 0 Å². The van der Waals surface area contributed by atoms with Crippen LogP contribution in [-0.2, 0) is 14.0 Å². The highest BCUT2D eigenvalue weighted by Crippen LogP contribution is 2.50. The summed E-state index contributed by atoms with van der Waals surface area (Å²) in [7, 11) is -2.25. The van der Waals surface area contributed by atoms with E-state index in [1.165, 1.54) is 19.1 Å². The number of pyridine rings is 1. The Morgan fingerprint density at radius 3 is 2.12 bits per heavy atom. The Morgan fingerprint density at radius 2 is 1.59 bits per heavy atom. The van der Waals surface area contributed by atoms with E-state index in [0.29, 0.717) is 35.0 Å². The minimum absolute atomic E-state index is 0.281. The molecule has 1 aromatic heterocycles. The van der Waals surface area contributed by atoms with E-state index in [1.54, 1.807) is 12.3 Å². The van der Waals surface area contributed by atoms with Crippen molar-refractivity contribution in [3.63, 3.8) is 0 Å². The first-order valence-electron chi connectivity index (χ1n) is 12.2. The van der Waals surface area contributed by atoms with Crippen LogP contribution in [0.1, 0.15) is 96.3 Å². The maximum Gasteiger partial charge on any atom is 0.303 e. The SMILES string of the molecule is CC(=O)O[C@@H]1c2cccnc2[C@H](O[Si](C(C)C)(C(C)C)C(C)C)CC[C@H]1c1cc(F)cc(F)c1. The summed E-state index contributed by atoms with van der Waals surface area (Å²) in [5.41, 5.74) is 3.14. The van der Waals surface area contributed by atoms with Crippen molar-refractivity contribution in [2.24, 2.45) is 0 Å². The number of hydrogen-bond acceptors (Lipinski definition) is 4. The molecular formula is C27H37F2NO3Si. The number of ether oxygens (including phenoxy) is 1. The van der Waals surface area contributed by atoms with Crippen LogP contribution < -0.4 is 0 Å². The minimum atomic E-state index is -2.25. The lowest BCUT2D eigenvalue weighted by atomic mass is 9.87. The highest BCUT2D eigenvalue weighted by atomic mass is 28.4. The predicted molar refractivity (Wildman–Crippen MR) is 132 cm³/mol. The van der Waals surface area contributed by atoms with Crippen LogP contribution in [-0.4, -0.2) is 19.3 Å². The summed E-state index contributed by atoms with van der Waals surface area (Å²) in [4.78, 5) is 16.8. The van der Waals surface area contributed by atoms with Crippen LogP contribution in [0.5, 0.6) is 0 Å². The molecule has 0 fully saturated rings. The Bertz CT molecular complexity index is 969. The van der Waals surface area contributed by atoms with E-state index in [2.05, 4.69) is 41.5 Å². The fourth-order valence-corrected chi connectivity index (χ4v) is 11.5. The van der Waals surface area contributed by atoms with Crippen molar-refractivity contribution < 1.29 is 22.7 Å². The molecule has 34 heavy (non-hydrogen) atoms. The highest BCUT2D eigenvalue weighted by Gasteiger charge is 2.48. The molecule has 0 radical (unpaired) electrons. The Labute approximate surface area is 203 Å². The van der Waals surface area contributed by atoms with Crippen LogP contribution in [0, 0.1) is 11.6 Å². The topological polar surface area (TPSA) is 48.4 Å². The monoisotopic (exact) mass is 489 g/mol. The van der Waals surface area contributed by atoms with Gasteiger partial charge < -0.3 is 9.16 Å². The molecule has 1 aliphatic carbocycles. The average Bonchev–Trinajstić information content (AvgIpc) is 2.87. The van der Waals surface area contributed by atoms with Gasteiger partial charge in [-0.05, 0) is 53.2 Å². The van der Waals surface area contributed by atoms with Crippen molar-refractivity contribution in [3.8, 4) is 0 Å². The van der Waals surface area contributed by atoms with Gasteiger partial charge in [0.1, 0.15) is 17.7 Å². The first-order valence-corrected chi connectivity index (χ1v) is 14.4. The predicted octanol–water partition coefficient (Wildman–Crippen LogP) is 7.77. The Kier molecular flexibility index (Phi) is 8.29. The standard InChI is InChI=1S/C27H37F2NO3Si/c1-16(2)34(17(3)4,18(5)6)33-25-11-10-23(20-13-21(28)15-22(29)14-20)27(32-19(7)31)24-9-8-12-30-26(24)25/h8-9,12-18,23,25,27H,10-11H2,1-7H3/t23-,25+,27-/m0/s1. The molecule has 2 aromatic rings. The summed E-state index contributed by atoms with van der Waals surface area (Å²) in [5, 5.41) is 0. The third kappa shape index (κ3) is 5.25. The van der Waals surface area contributed by atoms with E-state index in [0.717, 1.165) is 17.3 Å². The van der Waals surface area contributed by atoms with Crippen molar-refractivity contribution in [1.82, 2.24) is 4.98 Å². The maximum atomic E-state index is 14.2. The van der Waals surface area contributed by atoms with Gasteiger partial charge in [0.05, 0.1) is 11.8 Å². The Morgan fingerprint density at radius 1 is 1.00 bits per heavy atom. The van der Waals surface area contributed by atoms with Crippen LogP contribution in [0.2, 0.25) is 16.6 Å². The van der Waals surface area contributed by atoms with Crippen LogP contribution in [0.15, 0.2) is 36.5 Å². The van der Waals surface area contributed by atoms with Gasteiger partial charge >= 0.3 is 5.97 Å². The molecular weight excluding hydrogens is 452 g/mol. The number of esters is 1. The van der Waals surface area contributed by atoms with Crippen molar-refractivity contribution in [2.75, 3.05) is 0 Å². The highest BCUT2D eigenvalue weighted by molar-refractivity contribution is 6.77. The molecule has 1 aromatic carbocycles. The fourth-order valence-electron chi connectivity index (χ4n) is 6.00. The molecule has 3 rings (SSSR count). The second kappa shape index (κ2) is 10.6.